The van der Waals surface area contributed by atoms with Gasteiger partial charge < -0.3 is 10.2 Å². The quantitative estimate of drug-likeness (QED) is 0.389. The highest BCUT2D eigenvalue weighted by Gasteiger charge is 2.23. The Bertz CT molecular complexity index is 1160. The van der Waals surface area contributed by atoms with Crippen LogP contribution in [0.15, 0.2) is 60.7 Å². The molecule has 34 heavy (non-hydrogen) atoms. The second kappa shape index (κ2) is 10.3. The lowest BCUT2D eigenvalue weighted by Gasteiger charge is -2.21. The van der Waals surface area contributed by atoms with E-state index < -0.39 is 4.92 Å². The monoisotopic (exact) mass is 463 g/mol. The first-order valence-corrected chi connectivity index (χ1v) is 11.1. The predicted octanol–water partition coefficient (Wildman–Crippen LogP) is 4.57. The normalized spacial score (nSPS) is 11.2. The summed E-state index contributed by atoms with van der Waals surface area (Å²) in [6.45, 7) is 8.25. The van der Waals surface area contributed by atoms with Crippen molar-refractivity contribution in [2.75, 3.05) is 18.4 Å². The fraction of sp³-hybridized carbons (Fsp3) is 0.320. The Morgan fingerprint density at radius 1 is 1.09 bits per heavy atom. The van der Waals surface area contributed by atoms with Crippen LogP contribution in [0.25, 0.3) is 5.69 Å². The Kier molecular flexibility index (Phi) is 7.45. The molecule has 0 bridgehead atoms. The summed E-state index contributed by atoms with van der Waals surface area (Å²) in [5.74, 6) is -0.208. The van der Waals surface area contributed by atoms with Gasteiger partial charge in [-0.05, 0) is 30.7 Å². The van der Waals surface area contributed by atoms with Gasteiger partial charge in [-0.1, -0.05) is 45.9 Å². The number of amides is 2. The molecule has 3 aromatic rings. The number of benzene rings is 2. The zero-order valence-electron chi connectivity index (χ0n) is 19.8. The number of para-hydroxylation sites is 1. The number of nitrogens with zero attached hydrogens (tertiary/aromatic N) is 4. The number of anilines is 1. The molecule has 0 atom stereocenters. The maximum absolute atomic E-state index is 13.0. The van der Waals surface area contributed by atoms with Crippen molar-refractivity contribution < 1.29 is 14.5 Å². The van der Waals surface area contributed by atoms with Crippen LogP contribution in [0.4, 0.5) is 11.5 Å². The van der Waals surface area contributed by atoms with E-state index in [-0.39, 0.29) is 35.0 Å². The summed E-state index contributed by atoms with van der Waals surface area (Å²) in [5.41, 5.74) is 1.59. The van der Waals surface area contributed by atoms with Gasteiger partial charge in [0.05, 0.1) is 16.3 Å². The first-order valence-electron chi connectivity index (χ1n) is 11.1. The van der Waals surface area contributed by atoms with Gasteiger partial charge in [0.1, 0.15) is 12.4 Å². The molecule has 2 amide bonds. The van der Waals surface area contributed by atoms with Crippen LogP contribution < -0.4 is 5.32 Å². The molecular weight excluding hydrogens is 434 g/mol. The minimum atomic E-state index is -0.521. The van der Waals surface area contributed by atoms with Gasteiger partial charge in [-0.2, -0.15) is 5.10 Å². The third-order valence-corrected chi connectivity index (χ3v) is 5.19. The summed E-state index contributed by atoms with van der Waals surface area (Å²) < 4.78 is 1.68. The van der Waals surface area contributed by atoms with E-state index in [0.29, 0.717) is 18.8 Å². The van der Waals surface area contributed by atoms with E-state index in [4.69, 9.17) is 5.10 Å². The van der Waals surface area contributed by atoms with Crippen LogP contribution in [0.3, 0.4) is 0 Å². The Morgan fingerprint density at radius 3 is 2.29 bits per heavy atom. The molecule has 0 fully saturated rings. The summed E-state index contributed by atoms with van der Waals surface area (Å²) in [6.07, 6.45) is 0.655. The van der Waals surface area contributed by atoms with Crippen LogP contribution in [0, 0.1) is 10.1 Å². The molecular formula is C25H29N5O4. The Morgan fingerprint density at radius 2 is 1.74 bits per heavy atom. The number of aromatic nitrogens is 2. The summed E-state index contributed by atoms with van der Waals surface area (Å²) in [4.78, 5) is 37.8. The van der Waals surface area contributed by atoms with Gasteiger partial charge in [0, 0.05) is 35.7 Å². The summed E-state index contributed by atoms with van der Waals surface area (Å²) >= 11 is 0. The van der Waals surface area contributed by atoms with Crippen LogP contribution in [-0.2, 0) is 10.2 Å². The lowest BCUT2D eigenvalue weighted by molar-refractivity contribution is -0.384. The number of nitrogens with one attached hydrogen (secondary N) is 1. The molecule has 0 unspecified atom stereocenters. The lowest BCUT2D eigenvalue weighted by Crippen LogP contribution is -2.38. The maximum atomic E-state index is 13.0. The van der Waals surface area contributed by atoms with Crippen molar-refractivity contribution in [1.29, 1.82) is 0 Å². The minimum absolute atomic E-state index is 0.0971. The van der Waals surface area contributed by atoms with Crippen LogP contribution in [-0.4, -0.2) is 44.5 Å². The van der Waals surface area contributed by atoms with Crippen LogP contribution >= 0.6 is 0 Å². The van der Waals surface area contributed by atoms with Gasteiger partial charge in [-0.15, -0.1) is 0 Å². The van der Waals surface area contributed by atoms with Crippen LogP contribution in [0.2, 0.25) is 0 Å². The molecule has 1 heterocycles. The fourth-order valence-electron chi connectivity index (χ4n) is 3.39. The number of non-ortho nitro benzene ring substituents is 1. The summed E-state index contributed by atoms with van der Waals surface area (Å²) in [7, 11) is 0. The third kappa shape index (κ3) is 5.86. The summed E-state index contributed by atoms with van der Waals surface area (Å²) in [5, 5.41) is 18.5. The van der Waals surface area contributed by atoms with Crippen molar-refractivity contribution >= 4 is 23.3 Å². The van der Waals surface area contributed by atoms with E-state index in [0.717, 1.165) is 11.4 Å². The molecule has 9 heteroatoms. The molecule has 1 N–H and O–H groups in total. The highest BCUT2D eigenvalue weighted by Crippen LogP contribution is 2.26. The highest BCUT2D eigenvalue weighted by atomic mass is 16.6. The van der Waals surface area contributed by atoms with Gasteiger partial charge in [0.25, 0.3) is 11.6 Å². The molecule has 3 rings (SSSR count). The topological polar surface area (TPSA) is 110 Å². The van der Waals surface area contributed by atoms with E-state index in [1.807, 2.05) is 64.1 Å². The molecule has 0 saturated carbocycles. The van der Waals surface area contributed by atoms with E-state index in [1.54, 1.807) is 4.68 Å². The Labute approximate surface area is 198 Å². The lowest BCUT2D eigenvalue weighted by atomic mass is 9.92. The maximum Gasteiger partial charge on any atom is 0.269 e. The first kappa shape index (κ1) is 24.6. The summed E-state index contributed by atoms with van der Waals surface area (Å²) in [6, 6.07) is 16.7. The van der Waals surface area contributed by atoms with Gasteiger partial charge in [-0.25, -0.2) is 4.68 Å². The van der Waals surface area contributed by atoms with Crippen molar-refractivity contribution in [1.82, 2.24) is 14.7 Å². The van der Waals surface area contributed by atoms with E-state index in [2.05, 4.69) is 5.32 Å². The van der Waals surface area contributed by atoms with Crippen molar-refractivity contribution in [2.45, 2.75) is 39.5 Å². The number of carbonyl (C=O) groups excluding carboxylic acids is 2. The fourth-order valence-corrected chi connectivity index (χ4v) is 3.39. The highest BCUT2D eigenvalue weighted by molar-refractivity contribution is 5.99. The third-order valence-electron chi connectivity index (χ3n) is 5.19. The van der Waals surface area contributed by atoms with E-state index in [1.165, 1.54) is 29.2 Å². The Balaban J connectivity index is 1.81. The number of nitro benzene ring substituents is 1. The zero-order valence-corrected chi connectivity index (χ0v) is 19.8. The molecule has 9 nitrogen and oxygen atoms in total. The molecule has 1 aromatic heterocycles. The second-order valence-electron chi connectivity index (χ2n) is 8.99. The van der Waals surface area contributed by atoms with Crippen molar-refractivity contribution in [3.05, 3.63) is 82.0 Å². The molecule has 0 spiro atoms. The van der Waals surface area contributed by atoms with Gasteiger partial charge >= 0.3 is 0 Å². The SMILES string of the molecule is CCCN(CC(=O)Nc1cc(C(C)(C)C)nn1-c1ccccc1)C(=O)c1ccc([N+](=O)[O-])cc1. The van der Waals surface area contributed by atoms with Crippen molar-refractivity contribution in [3.63, 3.8) is 0 Å². The van der Waals surface area contributed by atoms with E-state index >= 15 is 0 Å². The second-order valence-corrected chi connectivity index (χ2v) is 8.99. The zero-order chi connectivity index (χ0) is 24.9. The molecule has 178 valence electrons. The number of nitro groups is 1. The largest absolute Gasteiger partial charge is 0.329 e. The molecule has 0 aliphatic carbocycles. The molecule has 2 aromatic carbocycles. The van der Waals surface area contributed by atoms with Gasteiger partial charge in [0.15, 0.2) is 0 Å². The van der Waals surface area contributed by atoms with Crippen LogP contribution in [0.1, 0.15) is 50.2 Å². The van der Waals surface area contributed by atoms with Crippen molar-refractivity contribution in [3.8, 4) is 5.69 Å². The van der Waals surface area contributed by atoms with E-state index in [9.17, 15) is 19.7 Å². The minimum Gasteiger partial charge on any atom is -0.329 e. The first-order chi connectivity index (χ1) is 16.1. The number of carbonyl (C=O) groups is 2. The Hall–Kier alpha value is -4.01. The average Bonchev–Trinajstić information content (AvgIpc) is 3.23. The predicted molar refractivity (Wildman–Crippen MR) is 130 cm³/mol. The standard InChI is InChI=1S/C25H29N5O4/c1-5-15-28(24(32)18-11-13-20(14-12-18)30(33)34)17-23(31)26-22-16-21(25(2,3)4)27-29(22)19-9-7-6-8-10-19/h6-14,16H,5,15,17H2,1-4H3,(H,26,31). The number of hydrogen-bond acceptors (Lipinski definition) is 5. The molecule has 0 saturated heterocycles. The smallest absolute Gasteiger partial charge is 0.269 e. The molecule has 0 aliphatic heterocycles. The van der Waals surface area contributed by atoms with Gasteiger partial charge in [0.2, 0.25) is 5.91 Å². The molecule has 0 aliphatic rings. The number of rotatable bonds is 8. The van der Waals surface area contributed by atoms with Crippen molar-refractivity contribution in [2.24, 2.45) is 0 Å². The molecule has 0 radical (unpaired) electrons. The van der Waals surface area contributed by atoms with Crippen LogP contribution in [0.5, 0.6) is 0 Å². The van der Waals surface area contributed by atoms with Gasteiger partial charge in [-0.3, -0.25) is 19.7 Å². The average molecular weight is 464 g/mol. The number of hydrogen-bond donors (Lipinski definition) is 1.